The Morgan fingerprint density at radius 1 is 1.50 bits per heavy atom. The molecule has 0 aromatic carbocycles. The summed E-state index contributed by atoms with van der Waals surface area (Å²) in [5.74, 6) is 2.16. The lowest BCUT2D eigenvalue weighted by Gasteiger charge is -2.02. The molecule has 0 spiro atoms. The molecule has 0 aliphatic rings. The van der Waals surface area contributed by atoms with Gasteiger partial charge in [0.15, 0.2) is 0 Å². The molecule has 1 heterocycles. The Bertz CT molecular complexity index is 249. The van der Waals surface area contributed by atoms with Crippen LogP contribution in [0.25, 0.3) is 0 Å². The summed E-state index contributed by atoms with van der Waals surface area (Å²) in [5.41, 5.74) is 1.10. The lowest BCUT2D eigenvalue weighted by molar-refractivity contribution is 0.715. The molecule has 0 radical (unpaired) electrons. The van der Waals surface area contributed by atoms with Crippen molar-refractivity contribution in [2.24, 2.45) is 0 Å². The number of hydrogen-bond donors (Lipinski definition) is 1. The number of thioether (sulfide) groups is 1. The highest BCUT2D eigenvalue weighted by molar-refractivity contribution is 7.99. The third kappa shape index (κ3) is 5.04. The quantitative estimate of drug-likeness (QED) is 0.548. The molecule has 76 valence electrons. The number of aromatic nitrogens is 1. The van der Waals surface area contributed by atoms with E-state index in [-0.39, 0.29) is 0 Å². The van der Waals surface area contributed by atoms with Crippen molar-refractivity contribution in [1.29, 1.82) is 0 Å². The molecular weight excluding hydrogens is 192 g/mol. The van der Waals surface area contributed by atoms with Gasteiger partial charge in [0.1, 0.15) is 0 Å². The lowest BCUT2D eigenvalue weighted by Crippen LogP contribution is -2.17. The molecule has 0 saturated heterocycles. The van der Waals surface area contributed by atoms with Crippen molar-refractivity contribution in [1.82, 2.24) is 10.3 Å². The van der Waals surface area contributed by atoms with Crippen molar-refractivity contribution < 1.29 is 0 Å². The maximum Gasteiger partial charge on any atom is 0.0541 e. The monoisotopic (exact) mass is 208 g/mol. The van der Waals surface area contributed by atoms with Crippen LogP contribution < -0.4 is 5.32 Å². The average Bonchev–Trinajstić information content (AvgIpc) is 2.25. The molecule has 0 saturated carbocycles. The van der Waals surface area contributed by atoms with Crippen LogP contribution in [0.4, 0.5) is 0 Å². The fourth-order valence-electron chi connectivity index (χ4n) is 1.03. The van der Waals surface area contributed by atoms with Gasteiger partial charge in [-0.3, -0.25) is 4.98 Å². The van der Waals surface area contributed by atoms with Gasteiger partial charge in [-0.15, -0.1) is 6.58 Å². The average molecular weight is 208 g/mol. The maximum atomic E-state index is 4.23. The van der Waals surface area contributed by atoms with E-state index in [2.05, 4.69) is 16.9 Å². The summed E-state index contributed by atoms with van der Waals surface area (Å²) in [4.78, 5) is 4.23. The minimum atomic E-state index is 0.857. The molecule has 0 aliphatic carbocycles. The lowest BCUT2D eigenvalue weighted by atomic mass is 10.3. The van der Waals surface area contributed by atoms with Gasteiger partial charge >= 0.3 is 0 Å². The maximum absolute atomic E-state index is 4.23. The van der Waals surface area contributed by atoms with Crippen molar-refractivity contribution in [2.75, 3.05) is 18.1 Å². The Hall–Kier alpha value is -0.800. The molecule has 0 amide bonds. The first-order valence-corrected chi connectivity index (χ1v) is 5.88. The van der Waals surface area contributed by atoms with Crippen LogP contribution in [0, 0.1) is 0 Å². The van der Waals surface area contributed by atoms with Gasteiger partial charge in [0.2, 0.25) is 0 Å². The summed E-state index contributed by atoms with van der Waals surface area (Å²) in [7, 11) is 0. The van der Waals surface area contributed by atoms with Gasteiger partial charge in [0.05, 0.1) is 5.69 Å². The number of hydrogen-bond acceptors (Lipinski definition) is 3. The molecule has 0 atom stereocenters. The van der Waals surface area contributed by atoms with E-state index in [1.165, 1.54) is 0 Å². The minimum Gasteiger partial charge on any atom is -0.310 e. The van der Waals surface area contributed by atoms with E-state index in [4.69, 9.17) is 0 Å². The van der Waals surface area contributed by atoms with Crippen LogP contribution in [0.1, 0.15) is 5.69 Å². The fraction of sp³-hybridized carbons (Fsp3) is 0.364. The van der Waals surface area contributed by atoms with Crippen LogP contribution in [0.15, 0.2) is 37.1 Å². The van der Waals surface area contributed by atoms with Crippen LogP contribution in [0.2, 0.25) is 0 Å². The van der Waals surface area contributed by atoms with Crippen LogP contribution in [0.5, 0.6) is 0 Å². The van der Waals surface area contributed by atoms with Gasteiger partial charge in [0, 0.05) is 30.8 Å². The van der Waals surface area contributed by atoms with Crippen LogP contribution in [-0.2, 0) is 6.54 Å². The first kappa shape index (κ1) is 11.3. The van der Waals surface area contributed by atoms with E-state index < -0.39 is 0 Å². The van der Waals surface area contributed by atoms with E-state index >= 15 is 0 Å². The van der Waals surface area contributed by atoms with Gasteiger partial charge in [0.25, 0.3) is 0 Å². The molecular formula is C11H16N2S. The first-order valence-electron chi connectivity index (χ1n) is 4.72. The summed E-state index contributed by atoms with van der Waals surface area (Å²) in [6.45, 7) is 5.55. The second-order valence-corrected chi connectivity index (χ2v) is 4.01. The molecule has 1 aromatic heterocycles. The Morgan fingerprint density at radius 2 is 2.43 bits per heavy atom. The first-order chi connectivity index (χ1) is 6.93. The summed E-state index contributed by atoms with van der Waals surface area (Å²) in [5, 5.41) is 3.34. The van der Waals surface area contributed by atoms with Gasteiger partial charge in [-0.25, -0.2) is 0 Å². The summed E-state index contributed by atoms with van der Waals surface area (Å²) >= 11 is 1.89. The summed E-state index contributed by atoms with van der Waals surface area (Å²) < 4.78 is 0. The van der Waals surface area contributed by atoms with Crippen molar-refractivity contribution in [3.8, 4) is 0 Å². The van der Waals surface area contributed by atoms with E-state index in [0.29, 0.717) is 0 Å². The van der Waals surface area contributed by atoms with Gasteiger partial charge < -0.3 is 5.32 Å². The second-order valence-electron chi connectivity index (χ2n) is 2.86. The topological polar surface area (TPSA) is 24.9 Å². The Kier molecular flexibility index (Phi) is 6.11. The van der Waals surface area contributed by atoms with Crippen LogP contribution in [0.3, 0.4) is 0 Å². The summed E-state index contributed by atoms with van der Waals surface area (Å²) in [6, 6.07) is 5.98. The zero-order chi connectivity index (χ0) is 10.1. The van der Waals surface area contributed by atoms with Crippen molar-refractivity contribution in [3.63, 3.8) is 0 Å². The zero-order valence-corrected chi connectivity index (χ0v) is 9.09. The Labute approximate surface area is 89.8 Å². The molecule has 2 nitrogen and oxygen atoms in total. The smallest absolute Gasteiger partial charge is 0.0541 e. The molecule has 1 rings (SSSR count). The molecule has 1 N–H and O–H groups in total. The molecule has 3 heteroatoms. The Balaban J connectivity index is 2.02. The molecule has 0 bridgehead atoms. The largest absolute Gasteiger partial charge is 0.310 e. The third-order valence-electron chi connectivity index (χ3n) is 1.69. The predicted molar refractivity (Wildman–Crippen MR) is 63.5 cm³/mol. The number of nitrogens with zero attached hydrogens (tertiary/aromatic N) is 1. The molecule has 14 heavy (non-hydrogen) atoms. The highest BCUT2D eigenvalue weighted by Gasteiger charge is 1.91. The SMILES string of the molecule is C=CCSCCNCc1ccccn1. The number of pyridine rings is 1. The molecule has 0 fully saturated rings. The molecule has 1 aromatic rings. The highest BCUT2D eigenvalue weighted by Crippen LogP contribution is 1.97. The van der Waals surface area contributed by atoms with Crippen molar-refractivity contribution in [3.05, 3.63) is 42.7 Å². The molecule has 0 unspecified atom stereocenters. The second kappa shape index (κ2) is 7.59. The number of nitrogens with one attached hydrogen (secondary N) is 1. The van der Waals surface area contributed by atoms with Gasteiger partial charge in [-0.05, 0) is 12.1 Å². The van der Waals surface area contributed by atoms with Crippen molar-refractivity contribution in [2.45, 2.75) is 6.54 Å². The Morgan fingerprint density at radius 3 is 3.14 bits per heavy atom. The number of rotatable bonds is 7. The van der Waals surface area contributed by atoms with E-state index in [0.717, 1.165) is 30.3 Å². The summed E-state index contributed by atoms with van der Waals surface area (Å²) in [6.07, 6.45) is 3.76. The van der Waals surface area contributed by atoms with E-state index in [1.54, 1.807) is 0 Å². The highest BCUT2D eigenvalue weighted by atomic mass is 32.2. The molecule has 0 aliphatic heterocycles. The van der Waals surface area contributed by atoms with Crippen molar-refractivity contribution >= 4 is 11.8 Å². The fourth-order valence-corrected chi connectivity index (χ4v) is 1.65. The van der Waals surface area contributed by atoms with Crippen LogP contribution >= 0.6 is 11.8 Å². The zero-order valence-electron chi connectivity index (χ0n) is 8.28. The normalized spacial score (nSPS) is 10.0. The minimum absolute atomic E-state index is 0.857. The third-order valence-corrected chi connectivity index (χ3v) is 2.66. The van der Waals surface area contributed by atoms with Crippen LogP contribution in [-0.4, -0.2) is 23.0 Å². The predicted octanol–water partition coefficient (Wildman–Crippen LogP) is 2.09. The van der Waals surface area contributed by atoms with Gasteiger partial charge in [-0.2, -0.15) is 11.8 Å². The van der Waals surface area contributed by atoms with Gasteiger partial charge in [-0.1, -0.05) is 12.1 Å². The standard InChI is InChI=1S/C11H16N2S/c1-2-8-14-9-7-12-10-11-5-3-4-6-13-11/h2-6,12H,1,7-10H2. The van der Waals surface area contributed by atoms with E-state index in [9.17, 15) is 0 Å². The van der Waals surface area contributed by atoms with E-state index in [1.807, 2.05) is 42.2 Å².